The summed E-state index contributed by atoms with van der Waals surface area (Å²) >= 11 is 0. The molecule has 1 atom stereocenters. The van der Waals surface area contributed by atoms with E-state index in [2.05, 4.69) is 25.0 Å². The van der Waals surface area contributed by atoms with E-state index < -0.39 is 9.84 Å². The molecule has 0 amide bonds. The monoisotopic (exact) mass is 358 g/mol. The fourth-order valence-electron chi connectivity index (χ4n) is 2.81. The normalized spacial score (nSPS) is 19.1. The lowest BCUT2D eigenvalue weighted by Crippen LogP contribution is -2.15. The second-order valence-corrected chi connectivity index (χ2v) is 8.02. The highest BCUT2D eigenvalue weighted by Gasteiger charge is 2.32. The molecule has 10 heteroatoms. The fraction of sp³-hybridized carbons (Fsp3) is 0.267. The molecule has 0 spiro atoms. The Labute approximate surface area is 142 Å². The molecule has 0 aliphatic carbocycles. The average Bonchev–Trinajstić information content (AvgIpc) is 3.20. The number of H-pyrrole nitrogens is 1. The van der Waals surface area contributed by atoms with Crippen molar-refractivity contribution in [2.45, 2.75) is 12.5 Å². The number of nitrogens with one attached hydrogen (secondary N) is 1. The molecule has 3 aromatic rings. The van der Waals surface area contributed by atoms with Crippen molar-refractivity contribution < 1.29 is 8.42 Å². The van der Waals surface area contributed by atoms with Gasteiger partial charge in [-0.3, -0.25) is 9.78 Å². The minimum atomic E-state index is -3.08. The lowest BCUT2D eigenvalue weighted by molar-refractivity contribution is 0.504. The van der Waals surface area contributed by atoms with E-state index >= 15 is 0 Å². The molecule has 4 heterocycles. The summed E-state index contributed by atoms with van der Waals surface area (Å²) in [7, 11) is -3.08. The average molecular weight is 358 g/mol. The molecular weight excluding hydrogens is 344 g/mol. The third kappa shape index (κ3) is 3.07. The largest absolute Gasteiger partial charge is 0.325 e. The van der Waals surface area contributed by atoms with Crippen molar-refractivity contribution in [2.24, 2.45) is 0 Å². The van der Waals surface area contributed by atoms with Gasteiger partial charge in [-0.2, -0.15) is 5.10 Å². The molecule has 0 aromatic carbocycles. The summed E-state index contributed by atoms with van der Waals surface area (Å²) in [5, 5.41) is 4.51. The third-order valence-corrected chi connectivity index (χ3v) is 5.78. The first-order valence-corrected chi connectivity index (χ1v) is 9.46. The van der Waals surface area contributed by atoms with Gasteiger partial charge in [0, 0.05) is 24.2 Å². The van der Waals surface area contributed by atoms with Gasteiger partial charge in [-0.1, -0.05) is 0 Å². The molecule has 3 aromatic heterocycles. The number of pyridine rings is 1. The van der Waals surface area contributed by atoms with E-state index in [0.29, 0.717) is 23.8 Å². The van der Waals surface area contributed by atoms with Gasteiger partial charge < -0.3 is 4.98 Å². The summed E-state index contributed by atoms with van der Waals surface area (Å²) in [4.78, 5) is 26.4. The van der Waals surface area contributed by atoms with Crippen molar-refractivity contribution >= 4 is 9.84 Å². The molecule has 1 aliphatic rings. The summed E-state index contributed by atoms with van der Waals surface area (Å²) in [6, 6.07) is 3.24. The quantitative estimate of drug-likeness (QED) is 0.721. The van der Waals surface area contributed by atoms with Gasteiger partial charge in [-0.25, -0.2) is 23.1 Å². The van der Waals surface area contributed by atoms with Crippen molar-refractivity contribution in [1.29, 1.82) is 0 Å². The van der Waals surface area contributed by atoms with Crippen molar-refractivity contribution in [3.05, 3.63) is 47.3 Å². The Kier molecular flexibility index (Phi) is 3.68. The molecule has 1 N–H and O–H groups in total. The second kappa shape index (κ2) is 5.88. The fourth-order valence-corrected chi connectivity index (χ4v) is 4.50. The molecule has 1 unspecified atom stereocenters. The van der Waals surface area contributed by atoms with E-state index in [1.165, 1.54) is 6.20 Å². The Morgan fingerprint density at radius 2 is 2.04 bits per heavy atom. The van der Waals surface area contributed by atoms with Crippen LogP contribution in [0.1, 0.15) is 12.5 Å². The first-order valence-electron chi connectivity index (χ1n) is 7.64. The Morgan fingerprint density at radius 3 is 2.68 bits per heavy atom. The molecule has 0 bridgehead atoms. The first-order chi connectivity index (χ1) is 12.0. The smallest absolute Gasteiger partial charge is 0.266 e. The van der Waals surface area contributed by atoms with E-state index in [4.69, 9.17) is 0 Å². The number of nitrogens with zero attached hydrogens (tertiary/aromatic N) is 5. The van der Waals surface area contributed by atoms with Gasteiger partial charge in [0.25, 0.3) is 5.56 Å². The van der Waals surface area contributed by atoms with Crippen LogP contribution in [-0.4, -0.2) is 49.6 Å². The number of aromatic nitrogens is 6. The van der Waals surface area contributed by atoms with Gasteiger partial charge >= 0.3 is 0 Å². The van der Waals surface area contributed by atoms with Gasteiger partial charge in [0.15, 0.2) is 21.5 Å². The van der Waals surface area contributed by atoms with Gasteiger partial charge in [-0.05, 0) is 18.6 Å². The van der Waals surface area contributed by atoms with Crippen LogP contribution in [0.2, 0.25) is 0 Å². The molecular formula is C15H14N6O3S. The molecule has 0 saturated carbocycles. The minimum absolute atomic E-state index is 0.0164. The van der Waals surface area contributed by atoms with Crippen molar-refractivity contribution in [3.63, 3.8) is 0 Å². The first kappa shape index (κ1) is 15.6. The Hall–Kier alpha value is -2.88. The zero-order chi connectivity index (χ0) is 17.4. The predicted octanol–water partition coefficient (Wildman–Crippen LogP) is 0.450. The molecule has 25 heavy (non-hydrogen) atoms. The van der Waals surface area contributed by atoms with Gasteiger partial charge in [0.05, 0.1) is 23.7 Å². The number of rotatable bonds is 3. The Bertz CT molecular complexity index is 1050. The van der Waals surface area contributed by atoms with Gasteiger partial charge in [-0.15, -0.1) is 0 Å². The lowest BCUT2D eigenvalue weighted by Gasteiger charge is -2.10. The Balaban J connectivity index is 1.84. The van der Waals surface area contributed by atoms with Crippen LogP contribution in [0.15, 0.2) is 41.7 Å². The molecule has 9 nitrogen and oxygen atoms in total. The highest BCUT2D eigenvalue weighted by Crippen LogP contribution is 2.29. The molecule has 1 fully saturated rings. The van der Waals surface area contributed by atoms with E-state index in [1.807, 2.05) is 0 Å². The standard InChI is InChI=1S/C15H14N6O3S/c22-13-8-17-12(7-18-13)15-19-14(10-1-4-16-5-2-10)20-21(15)11-3-6-25(23,24)9-11/h1-2,4-5,7-8,11H,3,6,9H2,(H,18,22). The number of aromatic amines is 1. The van der Waals surface area contributed by atoms with Crippen LogP contribution in [0.4, 0.5) is 0 Å². The Morgan fingerprint density at radius 1 is 1.24 bits per heavy atom. The molecule has 1 aliphatic heterocycles. The summed E-state index contributed by atoms with van der Waals surface area (Å²) in [5.74, 6) is 1.02. The predicted molar refractivity (Wildman–Crippen MR) is 89.4 cm³/mol. The maximum Gasteiger partial charge on any atom is 0.266 e. The van der Waals surface area contributed by atoms with Crippen molar-refractivity contribution in [3.8, 4) is 22.9 Å². The van der Waals surface area contributed by atoms with Crippen LogP contribution in [0.5, 0.6) is 0 Å². The summed E-state index contributed by atoms with van der Waals surface area (Å²) < 4.78 is 25.3. The van der Waals surface area contributed by atoms with Gasteiger partial charge in [0.1, 0.15) is 5.69 Å². The summed E-state index contributed by atoms with van der Waals surface area (Å²) in [5.41, 5.74) is 0.865. The number of sulfone groups is 1. The second-order valence-electron chi connectivity index (χ2n) is 5.79. The maximum atomic E-state index is 11.9. The van der Waals surface area contributed by atoms with E-state index in [-0.39, 0.29) is 23.1 Å². The minimum Gasteiger partial charge on any atom is -0.325 e. The SMILES string of the molecule is O=c1cnc(-c2nc(-c3ccncc3)nn2C2CCS(=O)(=O)C2)c[nH]1. The molecule has 4 rings (SSSR count). The molecule has 1 saturated heterocycles. The highest BCUT2D eigenvalue weighted by molar-refractivity contribution is 7.91. The zero-order valence-corrected chi connectivity index (χ0v) is 13.8. The van der Waals surface area contributed by atoms with Crippen LogP contribution in [-0.2, 0) is 9.84 Å². The summed E-state index contributed by atoms with van der Waals surface area (Å²) in [6.45, 7) is 0. The van der Waals surface area contributed by atoms with Crippen LogP contribution < -0.4 is 5.56 Å². The molecule has 0 radical (unpaired) electrons. The van der Waals surface area contributed by atoms with Crippen LogP contribution in [0, 0.1) is 0 Å². The van der Waals surface area contributed by atoms with E-state index in [0.717, 1.165) is 11.8 Å². The topological polar surface area (TPSA) is 123 Å². The number of hydrogen-bond acceptors (Lipinski definition) is 7. The highest BCUT2D eigenvalue weighted by atomic mass is 32.2. The van der Waals surface area contributed by atoms with Gasteiger partial charge in [0.2, 0.25) is 0 Å². The van der Waals surface area contributed by atoms with Crippen molar-refractivity contribution in [1.82, 2.24) is 29.7 Å². The van der Waals surface area contributed by atoms with Crippen LogP contribution >= 0.6 is 0 Å². The molecule has 128 valence electrons. The summed E-state index contributed by atoms with van der Waals surface area (Å²) in [6.07, 6.45) is 6.34. The van der Waals surface area contributed by atoms with E-state index in [9.17, 15) is 13.2 Å². The third-order valence-electron chi connectivity index (χ3n) is 4.03. The van der Waals surface area contributed by atoms with Crippen molar-refractivity contribution in [2.75, 3.05) is 11.5 Å². The van der Waals surface area contributed by atoms with Crippen LogP contribution in [0.3, 0.4) is 0 Å². The lowest BCUT2D eigenvalue weighted by atomic mass is 10.2. The van der Waals surface area contributed by atoms with Crippen LogP contribution in [0.25, 0.3) is 22.9 Å². The maximum absolute atomic E-state index is 11.9. The number of hydrogen-bond donors (Lipinski definition) is 1. The van der Waals surface area contributed by atoms with E-state index in [1.54, 1.807) is 29.2 Å². The zero-order valence-electron chi connectivity index (χ0n) is 13.0.